The van der Waals surface area contributed by atoms with Gasteiger partial charge in [-0.1, -0.05) is 54.6 Å². The Morgan fingerprint density at radius 3 is 2.17 bits per heavy atom. The van der Waals surface area contributed by atoms with E-state index in [1.807, 2.05) is 30.3 Å². The van der Waals surface area contributed by atoms with Crippen LogP contribution in [0.5, 0.6) is 0 Å². The fraction of sp³-hybridized carbons (Fsp3) is 0.0833. The van der Waals surface area contributed by atoms with Crippen molar-refractivity contribution in [2.45, 2.75) is 13.3 Å². The van der Waals surface area contributed by atoms with E-state index in [9.17, 15) is 19.5 Å². The number of carboxylic acids is 1. The van der Waals surface area contributed by atoms with Crippen LogP contribution in [0.2, 0.25) is 0 Å². The highest BCUT2D eigenvalue weighted by atomic mass is 16.4. The standard InChI is InChI=1S/C24H17NO4/c1-14-19(23(27)18-10-6-5-9-17(18)22(14)26)11-16-12-20(15-7-3-2-4-8-15)21(13-25-16)24(28)29/h2-10,12-13H,11H2,1H3,(H,28,29). The van der Waals surface area contributed by atoms with E-state index >= 15 is 0 Å². The normalized spacial score (nSPS) is 13.4. The first-order valence-electron chi connectivity index (χ1n) is 9.13. The number of benzene rings is 2. The lowest BCUT2D eigenvalue weighted by Crippen LogP contribution is -2.22. The number of Topliss-reactive ketones (excluding diaryl/α,β-unsaturated/α-hetero) is 2. The van der Waals surface area contributed by atoms with Gasteiger partial charge in [0.15, 0.2) is 11.6 Å². The van der Waals surface area contributed by atoms with Gasteiger partial charge in [-0.3, -0.25) is 14.6 Å². The number of aromatic nitrogens is 1. The van der Waals surface area contributed by atoms with Crippen LogP contribution < -0.4 is 0 Å². The van der Waals surface area contributed by atoms with Crippen LogP contribution in [0.4, 0.5) is 0 Å². The van der Waals surface area contributed by atoms with E-state index in [1.165, 1.54) is 6.20 Å². The molecular formula is C24H17NO4. The number of hydrogen-bond acceptors (Lipinski definition) is 4. The van der Waals surface area contributed by atoms with E-state index in [0.717, 1.165) is 5.56 Å². The summed E-state index contributed by atoms with van der Waals surface area (Å²) in [6, 6.07) is 17.6. The molecule has 0 bridgehead atoms. The summed E-state index contributed by atoms with van der Waals surface area (Å²) in [6.45, 7) is 1.65. The first-order chi connectivity index (χ1) is 14.0. The molecule has 0 unspecified atom stereocenters. The van der Waals surface area contributed by atoms with Gasteiger partial charge in [-0.15, -0.1) is 0 Å². The molecule has 2 aromatic carbocycles. The van der Waals surface area contributed by atoms with Crippen molar-refractivity contribution in [3.8, 4) is 11.1 Å². The highest BCUT2D eigenvalue weighted by Gasteiger charge is 2.29. The lowest BCUT2D eigenvalue weighted by Gasteiger charge is -2.19. The smallest absolute Gasteiger partial charge is 0.337 e. The molecule has 4 rings (SSSR count). The predicted molar refractivity (Wildman–Crippen MR) is 108 cm³/mol. The molecule has 0 amide bonds. The van der Waals surface area contributed by atoms with Gasteiger partial charge in [0.1, 0.15) is 0 Å². The first kappa shape index (κ1) is 18.5. The number of carboxylic acid groups (broad SMARTS) is 1. The quantitative estimate of drug-likeness (QED) is 0.722. The summed E-state index contributed by atoms with van der Waals surface area (Å²) in [6.07, 6.45) is 1.46. The molecular weight excluding hydrogens is 366 g/mol. The van der Waals surface area contributed by atoms with Gasteiger partial charge in [0.2, 0.25) is 0 Å². The topological polar surface area (TPSA) is 84.3 Å². The molecule has 142 valence electrons. The molecule has 1 heterocycles. The lowest BCUT2D eigenvalue weighted by atomic mass is 9.82. The van der Waals surface area contributed by atoms with Crippen LogP contribution in [-0.2, 0) is 6.42 Å². The van der Waals surface area contributed by atoms with E-state index < -0.39 is 5.97 Å². The molecule has 29 heavy (non-hydrogen) atoms. The monoisotopic (exact) mass is 383 g/mol. The summed E-state index contributed by atoms with van der Waals surface area (Å²) in [5, 5.41) is 9.52. The van der Waals surface area contributed by atoms with Crippen LogP contribution in [0.25, 0.3) is 11.1 Å². The van der Waals surface area contributed by atoms with Crippen molar-refractivity contribution < 1.29 is 19.5 Å². The van der Waals surface area contributed by atoms with Gasteiger partial charge >= 0.3 is 5.97 Å². The van der Waals surface area contributed by atoms with Crippen LogP contribution in [0.3, 0.4) is 0 Å². The number of nitrogens with zero attached hydrogens (tertiary/aromatic N) is 1. The Labute approximate surface area is 167 Å². The highest BCUT2D eigenvalue weighted by Crippen LogP contribution is 2.30. The first-order valence-corrected chi connectivity index (χ1v) is 9.13. The van der Waals surface area contributed by atoms with Gasteiger partial charge in [0.25, 0.3) is 0 Å². The summed E-state index contributed by atoms with van der Waals surface area (Å²) in [5.74, 6) is -1.43. The van der Waals surface area contributed by atoms with E-state index in [0.29, 0.717) is 33.5 Å². The molecule has 5 nitrogen and oxygen atoms in total. The number of rotatable bonds is 4. The lowest BCUT2D eigenvalue weighted by molar-refractivity contribution is 0.0697. The molecule has 0 fully saturated rings. The van der Waals surface area contributed by atoms with Crippen LogP contribution in [-0.4, -0.2) is 27.6 Å². The zero-order valence-electron chi connectivity index (χ0n) is 15.7. The molecule has 1 aliphatic rings. The molecule has 1 aliphatic carbocycles. The van der Waals surface area contributed by atoms with E-state index in [1.54, 1.807) is 37.3 Å². The van der Waals surface area contributed by atoms with Crippen molar-refractivity contribution in [3.63, 3.8) is 0 Å². The van der Waals surface area contributed by atoms with Gasteiger partial charge in [0, 0.05) is 40.6 Å². The maximum Gasteiger partial charge on any atom is 0.337 e. The Morgan fingerprint density at radius 1 is 0.897 bits per heavy atom. The minimum absolute atomic E-state index is 0.0852. The van der Waals surface area contributed by atoms with Crippen LogP contribution in [0.15, 0.2) is 78.0 Å². The fourth-order valence-corrected chi connectivity index (χ4v) is 3.57. The molecule has 0 spiro atoms. The van der Waals surface area contributed by atoms with Crippen molar-refractivity contribution >= 4 is 17.5 Å². The number of fused-ring (bicyclic) bond motifs is 1. The Balaban J connectivity index is 1.77. The molecule has 0 radical (unpaired) electrons. The van der Waals surface area contributed by atoms with Gasteiger partial charge < -0.3 is 5.11 Å². The highest BCUT2D eigenvalue weighted by molar-refractivity contribution is 6.26. The van der Waals surface area contributed by atoms with Crippen molar-refractivity contribution in [3.05, 3.63) is 100 Å². The number of hydrogen-bond donors (Lipinski definition) is 1. The molecule has 0 aliphatic heterocycles. The third kappa shape index (κ3) is 3.27. The zero-order chi connectivity index (χ0) is 20.5. The number of allylic oxidation sites excluding steroid dienone is 2. The molecule has 0 atom stereocenters. The molecule has 1 N–H and O–H groups in total. The maximum absolute atomic E-state index is 13.0. The van der Waals surface area contributed by atoms with Crippen molar-refractivity contribution in [2.24, 2.45) is 0 Å². The van der Waals surface area contributed by atoms with Crippen molar-refractivity contribution in [1.29, 1.82) is 0 Å². The van der Waals surface area contributed by atoms with E-state index in [4.69, 9.17) is 0 Å². The largest absolute Gasteiger partial charge is 0.478 e. The Hall–Kier alpha value is -3.86. The number of carbonyl (C=O) groups excluding carboxylic acids is 2. The molecule has 5 heteroatoms. The molecule has 0 saturated heterocycles. The van der Waals surface area contributed by atoms with Gasteiger partial charge in [0.05, 0.1) is 5.56 Å². The van der Waals surface area contributed by atoms with E-state index in [-0.39, 0.29) is 23.6 Å². The SMILES string of the molecule is CC1=C(Cc2cc(-c3ccccc3)c(C(=O)O)cn2)C(=O)c2ccccc2C1=O. The van der Waals surface area contributed by atoms with Crippen LogP contribution in [0, 0.1) is 0 Å². The second-order valence-electron chi connectivity index (χ2n) is 6.88. The third-order valence-electron chi connectivity index (χ3n) is 5.12. The summed E-state index contributed by atoms with van der Waals surface area (Å²) >= 11 is 0. The van der Waals surface area contributed by atoms with Crippen molar-refractivity contribution in [2.75, 3.05) is 0 Å². The van der Waals surface area contributed by atoms with Crippen molar-refractivity contribution in [1.82, 2.24) is 4.98 Å². The summed E-state index contributed by atoms with van der Waals surface area (Å²) in [4.78, 5) is 41.5. The number of aromatic carboxylic acids is 1. The average molecular weight is 383 g/mol. The zero-order valence-corrected chi connectivity index (χ0v) is 15.7. The van der Waals surface area contributed by atoms with Gasteiger partial charge in [-0.2, -0.15) is 0 Å². The third-order valence-corrected chi connectivity index (χ3v) is 5.12. The summed E-state index contributed by atoms with van der Waals surface area (Å²) in [7, 11) is 0. The molecule has 1 aromatic heterocycles. The number of ketones is 2. The summed E-state index contributed by atoms with van der Waals surface area (Å²) < 4.78 is 0. The second-order valence-corrected chi connectivity index (χ2v) is 6.88. The van der Waals surface area contributed by atoms with Gasteiger partial charge in [-0.25, -0.2) is 4.79 Å². The van der Waals surface area contributed by atoms with Gasteiger partial charge in [-0.05, 0) is 24.1 Å². The van der Waals surface area contributed by atoms with Crippen LogP contribution >= 0.6 is 0 Å². The second kappa shape index (κ2) is 7.28. The Morgan fingerprint density at radius 2 is 1.52 bits per heavy atom. The number of pyridine rings is 1. The maximum atomic E-state index is 13.0. The average Bonchev–Trinajstić information content (AvgIpc) is 2.75. The van der Waals surface area contributed by atoms with Crippen LogP contribution in [0.1, 0.15) is 43.7 Å². The minimum Gasteiger partial charge on any atom is -0.478 e. The predicted octanol–water partition coefficient (Wildman–Crippen LogP) is 4.39. The number of carbonyl (C=O) groups is 3. The Bertz CT molecular complexity index is 1190. The fourth-order valence-electron chi connectivity index (χ4n) is 3.57. The Kier molecular flexibility index (Phi) is 4.64. The molecule has 0 saturated carbocycles. The van der Waals surface area contributed by atoms with E-state index in [2.05, 4.69) is 4.98 Å². The molecule has 3 aromatic rings. The summed E-state index contributed by atoms with van der Waals surface area (Å²) in [5.41, 5.74) is 3.49. The minimum atomic E-state index is -1.07.